The number of piperidine rings is 1. The van der Waals surface area contributed by atoms with Crippen molar-refractivity contribution in [1.82, 2.24) is 24.9 Å². The van der Waals surface area contributed by atoms with Crippen molar-refractivity contribution >= 4 is 22.3 Å². The molecule has 0 radical (unpaired) electrons. The zero-order valence-corrected chi connectivity index (χ0v) is 17.9. The van der Waals surface area contributed by atoms with Crippen LogP contribution in [0.25, 0.3) is 4.96 Å². The van der Waals surface area contributed by atoms with Crippen molar-refractivity contribution < 1.29 is 0 Å². The van der Waals surface area contributed by atoms with Gasteiger partial charge in [-0.05, 0) is 44.0 Å². The number of rotatable bonds is 7. The van der Waals surface area contributed by atoms with Gasteiger partial charge in [0.25, 0.3) is 0 Å². The second-order valence-electron chi connectivity index (χ2n) is 7.53. The first-order valence-corrected chi connectivity index (χ1v) is 11.4. The number of nitrogens with one attached hydrogen (secondary N) is 2. The van der Waals surface area contributed by atoms with Crippen LogP contribution in [0.15, 0.2) is 47.0 Å². The highest BCUT2D eigenvalue weighted by molar-refractivity contribution is 7.15. The smallest absolute Gasteiger partial charge is 0.193 e. The van der Waals surface area contributed by atoms with E-state index in [1.165, 1.54) is 43.5 Å². The quantitative estimate of drug-likeness (QED) is 0.461. The number of imidazole rings is 1. The minimum atomic E-state index is 0.662. The third-order valence-electron chi connectivity index (χ3n) is 5.22. The summed E-state index contributed by atoms with van der Waals surface area (Å²) in [5.74, 6) is 0.821. The molecule has 154 valence electrons. The van der Waals surface area contributed by atoms with Gasteiger partial charge in [-0.1, -0.05) is 30.7 Å². The van der Waals surface area contributed by atoms with Crippen molar-refractivity contribution in [3.63, 3.8) is 0 Å². The Labute approximate surface area is 176 Å². The number of hydrogen-bond donors (Lipinski definition) is 2. The monoisotopic (exact) mass is 410 g/mol. The summed E-state index contributed by atoms with van der Waals surface area (Å²) in [6, 6.07) is 8.90. The van der Waals surface area contributed by atoms with Crippen LogP contribution < -0.4 is 10.6 Å². The van der Waals surface area contributed by atoms with E-state index < -0.39 is 0 Å². The van der Waals surface area contributed by atoms with Gasteiger partial charge in [0.1, 0.15) is 0 Å². The summed E-state index contributed by atoms with van der Waals surface area (Å²) in [5.41, 5.74) is 3.64. The van der Waals surface area contributed by atoms with Gasteiger partial charge < -0.3 is 10.6 Å². The van der Waals surface area contributed by atoms with Crippen LogP contribution in [-0.2, 0) is 19.6 Å². The van der Waals surface area contributed by atoms with E-state index in [0.29, 0.717) is 13.1 Å². The molecule has 2 aromatic heterocycles. The van der Waals surface area contributed by atoms with Crippen LogP contribution in [0, 0.1) is 0 Å². The summed E-state index contributed by atoms with van der Waals surface area (Å²) in [7, 11) is 0. The molecule has 1 aliphatic heterocycles. The Morgan fingerprint density at radius 1 is 1.10 bits per heavy atom. The first-order valence-electron chi connectivity index (χ1n) is 10.5. The molecule has 0 spiro atoms. The molecule has 3 heterocycles. The number of aliphatic imine (C=N–C) groups is 1. The summed E-state index contributed by atoms with van der Waals surface area (Å²) in [6.45, 7) is 7.78. The Kier molecular flexibility index (Phi) is 6.79. The summed E-state index contributed by atoms with van der Waals surface area (Å²) < 4.78 is 2.05. The maximum absolute atomic E-state index is 4.74. The molecule has 1 fully saturated rings. The van der Waals surface area contributed by atoms with Gasteiger partial charge in [0.05, 0.1) is 18.8 Å². The Hall–Kier alpha value is -2.38. The molecule has 0 unspecified atom stereocenters. The lowest BCUT2D eigenvalue weighted by atomic mass is 10.1. The third kappa shape index (κ3) is 5.58. The molecule has 29 heavy (non-hydrogen) atoms. The Morgan fingerprint density at radius 2 is 1.90 bits per heavy atom. The van der Waals surface area contributed by atoms with Crippen molar-refractivity contribution in [3.05, 3.63) is 58.9 Å². The highest BCUT2D eigenvalue weighted by Crippen LogP contribution is 2.14. The molecule has 1 saturated heterocycles. The van der Waals surface area contributed by atoms with Crippen molar-refractivity contribution in [2.75, 3.05) is 19.6 Å². The molecule has 0 aliphatic carbocycles. The maximum atomic E-state index is 4.74. The molecule has 1 aromatic carbocycles. The highest BCUT2D eigenvalue weighted by Gasteiger charge is 2.10. The van der Waals surface area contributed by atoms with Crippen molar-refractivity contribution in [2.45, 2.75) is 45.8 Å². The summed E-state index contributed by atoms with van der Waals surface area (Å²) in [6.07, 6.45) is 8.15. The number of hydrogen-bond acceptors (Lipinski definition) is 4. The Morgan fingerprint density at radius 3 is 2.66 bits per heavy atom. The normalized spacial score (nSPS) is 15.7. The topological polar surface area (TPSA) is 57.0 Å². The van der Waals surface area contributed by atoms with Gasteiger partial charge >= 0.3 is 0 Å². The summed E-state index contributed by atoms with van der Waals surface area (Å²) in [5, 5.41) is 8.75. The number of likely N-dealkylation sites (tertiary alicyclic amines) is 1. The second-order valence-corrected chi connectivity index (χ2v) is 8.40. The van der Waals surface area contributed by atoms with Gasteiger partial charge in [0, 0.05) is 30.9 Å². The molecule has 3 aromatic rings. The van der Waals surface area contributed by atoms with Crippen molar-refractivity contribution in [3.8, 4) is 0 Å². The predicted octanol–water partition coefficient (Wildman–Crippen LogP) is 3.64. The fourth-order valence-electron chi connectivity index (χ4n) is 3.67. The van der Waals surface area contributed by atoms with Crippen molar-refractivity contribution in [1.29, 1.82) is 0 Å². The molecule has 0 amide bonds. The first kappa shape index (κ1) is 19.9. The molecule has 2 N–H and O–H groups in total. The van der Waals surface area contributed by atoms with Gasteiger partial charge in [-0.3, -0.25) is 9.30 Å². The number of fused-ring (bicyclic) bond motifs is 1. The predicted molar refractivity (Wildman–Crippen MR) is 120 cm³/mol. The standard InChI is InChI=1S/C22H30N6S/c1-2-23-21(25-15-20-17-28-12-13-29-22(28)26-20)24-14-18-6-8-19(9-7-18)16-27-10-4-3-5-11-27/h6-9,12-13,17H,2-5,10-11,14-16H2,1H3,(H2,23,24,25). The zero-order valence-electron chi connectivity index (χ0n) is 17.1. The maximum Gasteiger partial charge on any atom is 0.193 e. The fraction of sp³-hybridized carbons (Fsp3) is 0.455. The van der Waals surface area contributed by atoms with Crippen LogP contribution in [0.3, 0.4) is 0 Å². The van der Waals surface area contributed by atoms with Gasteiger partial charge in [-0.15, -0.1) is 11.3 Å². The van der Waals surface area contributed by atoms with Crippen LogP contribution in [-0.4, -0.2) is 39.9 Å². The second kappa shape index (κ2) is 9.89. The Bertz CT molecular complexity index is 892. The lowest BCUT2D eigenvalue weighted by molar-refractivity contribution is 0.221. The number of benzene rings is 1. The van der Waals surface area contributed by atoms with E-state index in [4.69, 9.17) is 4.99 Å². The van der Waals surface area contributed by atoms with E-state index in [0.717, 1.165) is 29.7 Å². The largest absolute Gasteiger partial charge is 0.357 e. The SMILES string of the molecule is CCNC(=NCc1ccc(CN2CCCCC2)cc1)NCc1cn2ccsc2n1. The van der Waals surface area contributed by atoms with E-state index in [-0.39, 0.29) is 0 Å². The molecular formula is C22H30N6S. The third-order valence-corrected chi connectivity index (χ3v) is 5.99. The van der Waals surface area contributed by atoms with Crippen LogP contribution >= 0.6 is 11.3 Å². The number of guanidine groups is 1. The fourth-order valence-corrected chi connectivity index (χ4v) is 4.39. The zero-order chi connectivity index (χ0) is 19.9. The average Bonchev–Trinajstić information content (AvgIpc) is 3.34. The molecule has 1 aliphatic rings. The molecule has 7 heteroatoms. The van der Waals surface area contributed by atoms with Crippen LogP contribution in [0.4, 0.5) is 0 Å². The summed E-state index contributed by atoms with van der Waals surface area (Å²) >= 11 is 1.65. The molecule has 0 bridgehead atoms. The van der Waals surface area contributed by atoms with Gasteiger partial charge in [-0.2, -0.15) is 0 Å². The molecule has 0 saturated carbocycles. The lowest BCUT2D eigenvalue weighted by Crippen LogP contribution is -2.36. The van der Waals surface area contributed by atoms with E-state index in [2.05, 4.69) is 62.3 Å². The van der Waals surface area contributed by atoms with Gasteiger partial charge in [0.15, 0.2) is 10.9 Å². The first-order chi connectivity index (χ1) is 14.3. The van der Waals surface area contributed by atoms with E-state index in [9.17, 15) is 0 Å². The number of aromatic nitrogens is 2. The Balaban J connectivity index is 1.31. The average molecular weight is 411 g/mol. The molecule has 0 atom stereocenters. The van der Waals surface area contributed by atoms with E-state index in [1.54, 1.807) is 11.3 Å². The minimum Gasteiger partial charge on any atom is -0.357 e. The molecule has 6 nitrogen and oxygen atoms in total. The minimum absolute atomic E-state index is 0.662. The van der Waals surface area contributed by atoms with E-state index in [1.807, 2.05) is 11.6 Å². The molecule has 4 rings (SSSR count). The van der Waals surface area contributed by atoms with Crippen LogP contribution in [0.5, 0.6) is 0 Å². The molecular weight excluding hydrogens is 380 g/mol. The van der Waals surface area contributed by atoms with Crippen LogP contribution in [0.1, 0.15) is 43.0 Å². The van der Waals surface area contributed by atoms with E-state index >= 15 is 0 Å². The van der Waals surface area contributed by atoms with Gasteiger partial charge in [-0.25, -0.2) is 9.98 Å². The lowest BCUT2D eigenvalue weighted by Gasteiger charge is -2.26. The summed E-state index contributed by atoms with van der Waals surface area (Å²) in [4.78, 5) is 12.9. The van der Waals surface area contributed by atoms with Crippen LogP contribution in [0.2, 0.25) is 0 Å². The number of thiazole rings is 1. The highest BCUT2D eigenvalue weighted by atomic mass is 32.1. The van der Waals surface area contributed by atoms with Crippen molar-refractivity contribution in [2.24, 2.45) is 4.99 Å². The number of nitrogens with zero attached hydrogens (tertiary/aromatic N) is 4. The van der Waals surface area contributed by atoms with Gasteiger partial charge in [0.2, 0.25) is 0 Å².